The number of nitrogens with one attached hydrogen (secondary N) is 3. The number of para-hydroxylation sites is 1. The van der Waals surface area contributed by atoms with Crippen LogP contribution in [0.5, 0.6) is 0 Å². The zero-order valence-corrected chi connectivity index (χ0v) is 29.6. The monoisotopic (exact) mass is 719 g/mol. The Bertz CT molecular complexity index is 1740. The number of anilines is 1. The van der Waals surface area contributed by atoms with Crippen LogP contribution in [0.4, 0.5) is 5.69 Å². The van der Waals surface area contributed by atoms with Crippen LogP contribution in [0, 0.1) is 12.8 Å². The minimum atomic E-state index is -1.35. The Hall–Kier alpha value is -5.60. The predicted octanol–water partition coefficient (Wildman–Crippen LogP) is 1.44. The molecule has 5 N–H and O–H groups in total. The number of hydrogen-bond acceptors (Lipinski definition) is 8. The zero-order valence-electron chi connectivity index (χ0n) is 29.6. The van der Waals surface area contributed by atoms with E-state index in [-0.39, 0.29) is 38.1 Å². The van der Waals surface area contributed by atoms with Crippen molar-refractivity contribution in [1.29, 1.82) is 0 Å². The van der Waals surface area contributed by atoms with Gasteiger partial charge in [0.05, 0.1) is 12.5 Å². The number of aryl methyl sites for hydroxylation is 1. The number of amides is 5. The lowest BCUT2D eigenvalue weighted by atomic mass is 9.89. The third-order valence-electron chi connectivity index (χ3n) is 9.31. The molecule has 278 valence electrons. The first-order chi connectivity index (χ1) is 24.6. The van der Waals surface area contributed by atoms with Gasteiger partial charge in [-0.3, -0.25) is 38.5 Å². The standard InChI is InChI=1S/C37H45N5O10/c1-20(2)32(37(52)41-15-14-23-16-21(3)12-13-26(23)33(41)36(51)38-25(19-43)18-31(47)48)40-34(49)27(9-7-11-30(45)46)39-35(50)29-17-24-8-5-6-10-28(24)42(29)22(4)44/h5-6,8,10,12-13,16,19-20,25,27,29,32-33H,7,9,11,14-15,17-18H2,1-4H3,(H,38,51)(H,39,50)(H,40,49)(H,45,46)(H,47,48)/t25?,27?,29-,32?,33-/m0/s1. The topological polar surface area (TPSA) is 220 Å². The van der Waals surface area contributed by atoms with E-state index in [0.29, 0.717) is 24.0 Å². The molecule has 2 aliphatic rings. The lowest BCUT2D eigenvalue weighted by Gasteiger charge is -2.39. The predicted molar refractivity (Wildman–Crippen MR) is 187 cm³/mol. The van der Waals surface area contributed by atoms with Gasteiger partial charge >= 0.3 is 11.9 Å². The van der Waals surface area contributed by atoms with E-state index in [0.717, 1.165) is 16.7 Å². The fraction of sp³-hybridized carbons (Fsp3) is 0.459. The van der Waals surface area contributed by atoms with E-state index < -0.39 is 78.1 Å². The molecule has 0 fully saturated rings. The highest BCUT2D eigenvalue weighted by Gasteiger charge is 2.42. The summed E-state index contributed by atoms with van der Waals surface area (Å²) < 4.78 is 0. The Morgan fingerprint density at radius 2 is 1.63 bits per heavy atom. The Kier molecular flexibility index (Phi) is 12.9. The molecular weight excluding hydrogens is 674 g/mol. The number of aldehydes is 1. The smallest absolute Gasteiger partial charge is 0.305 e. The summed E-state index contributed by atoms with van der Waals surface area (Å²) >= 11 is 0. The molecule has 5 amide bonds. The Morgan fingerprint density at radius 1 is 0.923 bits per heavy atom. The van der Waals surface area contributed by atoms with Gasteiger partial charge < -0.3 is 35.9 Å². The van der Waals surface area contributed by atoms with Gasteiger partial charge in [-0.15, -0.1) is 0 Å². The minimum Gasteiger partial charge on any atom is -0.481 e. The van der Waals surface area contributed by atoms with Crippen molar-refractivity contribution in [2.45, 2.75) is 96.4 Å². The summed E-state index contributed by atoms with van der Waals surface area (Å²) in [6.07, 6.45) is -0.111. The summed E-state index contributed by atoms with van der Waals surface area (Å²) in [6, 6.07) is 6.36. The molecule has 0 aromatic heterocycles. The number of aliphatic carboxylic acids is 2. The third kappa shape index (κ3) is 9.19. The maximum Gasteiger partial charge on any atom is 0.305 e. The lowest BCUT2D eigenvalue weighted by Crippen LogP contribution is -2.60. The highest BCUT2D eigenvalue weighted by Crippen LogP contribution is 2.33. The Balaban J connectivity index is 1.60. The fourth-order valence-corrected chi connectivity index (χ4v) is 6.78. The van der Waals surface area contributed by atoms with E-state index in [1.165, 1.54) is 16.7 Å². The number of carbonyl (C=O) groups excluding carboxylic acids is 6. The summed E-state index contributed by atoms with van der Waals surface area (Å²) in [6.45, 7) is 6.65. The molecule has 2 aliphatic heterocycles. The number of rotatable bonds is 15. The van der Waals surface area contributed by atoms with Crippen LogP contribution in [0.25, 0.3) is 0 Å². The molecule has 2 heterocycles. The van der Waals surface area contributed by atoms with E-state index in [1.807, 2.05) is 13.0 Å². The second-order valence-electron chi connectivity index (χ2n) is 13.6. The molecule has 2 aromatic carbocycles. The van der Waals surface area contributed by atoms with Crippen LogP contribution in [-0.2, 0) is 51.2 Å². The quantitative estimate of drug-likeness (QED) is 0.167. The first kappa shape index (κ1) is 39.2. The summed E-state index contributed by atoms with van der Waals surface area (Å²) in [7, 11) is 0. The van der Waals surface area contributed by atoms with Gasteiger partial charge in [-0.05, 0) is 54.9 Å². The van der Waals surface area contributed by atoms with Crippen molar-refractivity contribution in [3.05, 3.63) is 64.7 Å². The van der Waals surface area contributed by atoms with Crippen molar-refractivity contribution >= 4 is 53.4 Å². The maximum absolute atomic E-state index is 14.4. The summed E-state index contributed by atoms with van der Waals surface area (Å²) in [5.41, 5.74) is 3.56. The summed E-state index contributed by atoms with van der Waals surface area (Å²) in [5.74, 6) is -6.07. The van der Waals surface area contributed by atoms with Gasteiger partial charge in [0.2, 0.25) is 29.5 Å². The normalized spacial score (nSPS) is 17.9. The van der Waals surface area contributed by atoms with Crippen LogP contribution in [0.3, 0.4) is 0 Å². The van der Waals surface area contributed by atoms with Gasteiger partial charge in [0.1, 0.15) is 30.5 Å². The second kappa shape index (κ2) is 17.1. The SMILES string of the molecule is CC(=O)N1c2ccccc2C[C@H]1C(=O)NC(CCCC(=O)O)C(=O)NC(C(=O)N1CCc2cc(C)ccc2[C@H]1C(=O)NC(C=O)CC(=O)O)C(C)C. The Labute approximate surface area is 301 Å². The van der Waals surface area contributed by atoms with E-state index >= 15 is 0 Å². The average molecular weight is 720 g/mol. The molecule has 2 aromatic rings. The van der Waals surface area contributed by atoms with Crippen molar-refractivity contribution in [3.63, 3.8) is 0 Å². The lowest BCUT2D eigenvalue weighted by molar-refractivity contribution is -0.146. The molecule has 15 nitrogen and oxygen atoms in total. The first-order valence-electron chi connectivity index (χ1n) is 17.2. The number of fused-ring (bicyclic) bond motifs is 2. The van der Waals surface area contributed by atoms with E-state index in [9.17, 15) is 48.6 Å². The molecular formula is C37H45N5O10. The summed E-state index contributed by atoms with van der Waals surface area (Å²) in [5, 5.41) is 26.3. The summed E-state index contributed by atoms with van der Waals surface area (Å²) in [4.78, 5) is 105. The van der Waals surface area contributed by atoms with E-state index in [4.69, 9.17) is 0 Å². The van der Waals surface area contributed by atoms with Crippen molar-refractivity contribution in [1.82, 2.24) is 20.9 Å². The molecule has 0 aliphatic carbocycles. The molecule has 0 spiro atoms. The largest absolute Gasteiger partial charge is 0.481 e. The second-order valence-corrected chi connectivity index (χ2v) is 13.6. The molecule has 15 heteroatoms. The van der Waals surface area contributed by atoms with E-state index in [1.54, 1.807) is 50.2 Å². The maximum atomic E-state index is 14.4. The number of carbonyl (C=O) groups is 8. The molecule has 4 rings (SSSR count). The zero-order chi connectivity index (χ0) is 38.3. The number of nitrogens with zero attached hydrogens (tertiary/aromatic N) is 2. The van der Waals surface area contributed by atoms with Crippen molar-refractivity contribution in [2.24, 2.45) is 5.92 Å². The molecule has 0 radical (unpaired) electrons. The molecule has 5 atom stereocenters. The first-order valence-corrected chi connectivity index (χ1v) is 17.2. The number of benzene rings is 2. The van der Waals surface area contributed by atoms with Crippen LogP contribution >= 0.6 is 0 Å². The Morgan fingerprint density at radius 3 is 2.27 bits per heavy atom. The number of hydrogen-bond donors (Lipinski definition) is 5. The molecule has 52 heavy (non-hydrogen) atoms. The molecule has 3 unspecified atom stereocenters. The van der Waals surface area contributed by atoms with Gasteiger partial charge in [0.15, 0.2) is 0 Å². The highest BCUT2D eigenvalue weighted by atomic mass is 16.4. The van der Waals surface area contributed by atoms with Crippen LogP contribution in [0.15, 0.2) is 42.5 Å². The number of carboxylic acid groups (broad SMARTS) is 2. The van der Waals surface area contributed by atoms with Gasteiger partial charge in [-0.25, -0.2) is 0 Å². The molecule has 0 saturated heterocycles. The van der Waals surface area contributed by atoms with Crippen molar-refractivity contribution in [3.8, 4) is 0 Å². The van der Waals surface area contributed by atoms with Crippen LogP contribution in [0.2, 0.25) is 0 Å². The van der Waals surface area contributed by atoms with Crippen LogP contribution in [-0.4, -0.2) is 93.6 Å². The van der Waals surface area contributed by atoms with Gasteiger partial charge in [-0.2, -0.15) is 0 Å². The van der Waals surface area contributed by atoms with E-state index in [2.05, 4.69) is 16.0 Å². The van der Waals surface area contributed by atoms with Crippen molar-refractivity contribution < 1.29 is 48.6 Å². The average Bonchev–Trinajstić information content (AvgIpc) is 3.48. The molecule has 0 saturated carbocycles. The van der Waals surface area contributed by atoms with Crippen LogP contribution in [0.1, 0.15) is 74.8 Å². The van der Waals surface area contributed by atoms with Gasteiger partial charge in [0.25, 0.3) is 0 Å². The minimum absolute atomic E-state index is 0.0219. The van der Waals surface area contributed by atoms with Gasteiger partial charge in [0, 0.05) is 32.0 Å². The van der Waals surface area contributed by atoms with Gasteiger partial charge in [-0.1, -0.05) is 55.8 Å². The fourth-order valence-electron chi connectivity index (χ4n) is 6.78. The number of carboxylic acids is 2. The van der Waals surface area contributed by atoms with Crippen molar-refractivity contribution in [2.75, 3.05) is 11.4 Å². The molecule has 0 bridgehead atoms. The highest BCUT2D eigenvalue weighted by molar-refractivity contribution is 6.03. The third-order valence-corrected chi connectivity index (χ3v) is 9.31. The van der Waals surface area contributed by atoms with Crippen LogP contribution < -0.4 is 20.9 Å².